The summed E-state index contributed by atoms with van der Waals surface area (Å²) in [6, 6.07) is 1.79. The fourth-order valence-corrected chi connectivity index (χ4v) is 2.27. The van der Waals surface area contributed by atoms with Gasteiger partial charge in [-0.25, -0.2) is 4.98 Å². The maximum atomic E-state index is 9.03. The van der Waals surface area contributed by atoms with Crippen LogP contribution in [0.5, 0.6) is 0 Å². The lowest BCUT2D eigenvalue weighted by Crippen LogP contribution is -2.30. The highest BCUT2D eigenvalue weighted by atomic mass is 35.5. The van der Waals surface area contributed by atoms with Gasteiger partial charge in [-0.3, -0.25) is 4.90 Å². The van der Waals surface area contributed by atoms with Crippen molar-refractivity contribution in [1.29, 1.82) is 0 Å². The number of aryl methyl sites for hydroxylation is 1. The van der Waals surface area contributed by atoms with Gasteiger partial charge in [-0.15, -0.1) is 0 Å². The number of methoxy groups -OCH3 is 1. The average Bonchev–Trinajstić information content (AvgIpc) is 2.30. The first-order valence-corrected chi connectivity index (χ1v) is 6.47. The molecule has 0 aromatic carbocycles. The second-order valence-electron chi connectivity index (χ2n) is 4.01. The van der Waals surface area contributed by atoms with E-state index in [2.05, 4.69) is 4.98 Å². The van der Waals surface area contributed by atoms with Crippen LogP contribution in [0.1, 0.15) is 11.3 Å². The topological polar surface area (TPSA) is 45.6 Å². The van der Waals surface area contributed by atoms with E-state index in [1.165, 1.54) is 0 Å². The Kier molecular flexibility index (Phi) is 6.89. The van der Waals surface area contributed by atoms with Crippen molar-refractivity contribution in [2.24, 2.45) is 0 Å². The van der Waals surface area contributed by atoms with Gasteiger partial charge in [0.05, 0.1) is 13.2 Å². The van der Waals surface area contributed by atoms with E-state index in [9.17, 15) is 0 Å². The molecule has 0 unspecified atom stereocenters. The van der Waals surface area contributed by atoms with Crippen molar-refractivity contribution in [2.45, 2.75) is 13.5 Å². The molecule has 0 radical (unpaired) electrons. The average molecular weight is 293 g/mol. The Morgan fingerprint density at radius 3 is 2.67 bits per heavy atom. The summed E-state index contributed by atoms with van der Waals surface area (Å²) in [5.41, 5.74) is 1.58. The van der Waals surface area contributed by atoms with Gasteiger partial charge < -0.3 is 9.84 Å². The summed E-state index contributed by atoms with van der Waals surface area (Å²) in [5, 5.41) is 10.1. The molecule has 0 aliphatic rings. The molecule has 0 bridgehead atoms. The molecule has 0 saturated heterocycles. The minimum absolute atomic E-state index is 0.0816. The van der Waals surface area contributed by atoms with E-state index in [1.807, 2.05) is 11.8 Å². The van der Waals surface area contributed by atoms with Gasteiger partial charge in [0.25, 0.3) is 0 Å². The molecule has 4 nitrogen and oxygen atoms in total. The zero-order valence-corrected chi connectivity index (χ0v) is 12.1. The summed E-state index contributed by atoms with van der Waals surface area (Å²) in [4.78, 5) is 6.21. The Hall–Kier alpha value is -0.390. The summed E-state index contributed by atoms with van der Waals surface area (Å²) in [6.07, 6.45) is 0. The summed E-state index contributed by atoms with van der Waals surface area (Å²) in [5.74, 6) is 0. The lowest BCUT2D eigenvalue weighted by molar-refractivity contribution is 0.127. The van der Waals surface area contributed by atoms with Gasteiger partial charge in [0.2, 0.25) is 0 Å². The number of pyridine rings is 1. The fourth-order valence-electron chi connectivity index (χ4n) is 1.62. The van der Waals surface area contributed by atoms with Crippen LogP contribution < -0.4 is 0 Å². The number of halogens is 2. The van der Waals surface area contributed by atoms with Crippen molar-refractivity contribution in [2.75, 3.05) is 33.4 Å². The summed E-state index contributed by atoms with van der Waals surface area (Å²) in [6.45, 7) is 4.32. The van der Waals surface area contributed by atoms with E-state index in [-0.39, 0.29) is 6.61 Å². The fraction of sp³-hybridized carbons (Fsp3) is 0.583. The number of hydrogen-bond acceptors (Lipinski definition) is 4. The molecule has 1 N–H and O–H groups in total. The molecule has 1 heterocycles. The van der Waals surface area contributed by atoms with Crippen LogP contribution in [0.2, 0.25) is 10.2 Å². The molecule has 0 amide bonds. The predicted octanol–water partition coefficient (Wildman–Crippen LogP) is 2.14. The second-order valence-corrected chi connectivity index (χ2v) is 4.77. The van der Waals surface area contributed by atoms with Crippen molar-refractivity contribution in [3.05, 3.63) is 27.5 Å². The van der Waals surface area contributed by atoms with Crippen LogP contribution in [0.25, 0.3) is 0 Å². The molecule has 0 spiro atoms. The first-order chi connectivity index (χ1) is 8.58. The third-order valence-electron chi connectivity index (χ3n) is 2.56. The molecule has 1 aromatic rings. The number of aliphatic hydroxyl groups is 1. The summed E-state index contributed by atoms with van der Waals surface area (Å²) in [7, 11) is 1.64. The first-order valence-electron chi connectivity index (χ1n) is 5.72. The van der Waals surface area contributed by atoms with Crippen molar-refractivity contribution in [3.63, 3.8) is 0 Å². The van der Waals surface area contributed by atoms with Crippen LogP contribution >= 0.6 is 23.2 Å². The van der Waals surface area contributed by atoms with Crippen LogP contribution in [0.4, 0.5) is 0 Å². The molecule has 0 fully saturated rings. The Morgan fingerprint density at radius 1 is 1.39 bits per heavy atom. The highest BCUT2D eigenvalue weighted by Gasteiger charge is 2.13. The molecule has 0 aliphatic carbocycles. The molecule has 102 valence electrons. The van der Waals surface area contributed by atoms with E-state index >= 15 is 0 Å². The summed E-state index contributed by atoms with van der Waals surface area (Å²) >= 11 is 12.3. The van der Waals surface area contributed by atoms with E-state index < -0.39 is 0 Å². The molecular weight excluding hydrogens is 275 g/mol. The van der Waals surface area contributed by atoms with Crippen LogP contribution in [0.3, 0.4) is 0 Å². The molecule has 18 heavy (non-hydrogen) atoms. The lowest BCUT2D eigenvalue weighted by Gasteiger charge is -2.22. The van der Waals surface area contributed by atoms with Crippen molar-refractivity contribution in [3.8, 4) is 0 Å². The second kappa shape index (κ2) is 7.92. The normalized spacial score (nSPS) is 11.2. The van der Waals surface area contributed by atoms with Gasteiger partial charge in [-0.1, -0.05) is 23.2 Å². The maximum absolute atomic E-state index is 9.03. The Bertz CT molecular complexity index is 365. The molecule has 0 aliphatic heterocycles. The standard InChI is InChI=1S/C12H18Cl2N2O2/c1-9-7-11(13)10(12(14)15-9)8-16(3-5-17)4-6-18-2/h7,17H,3-6,8H2,1-2H3. The largest absolute Gasteiger partial charge is 0.395 e. The smallest absolute Gasteiger partial charge is 0.135 e. The predicted molar refractivity (Wildman–Crippen MR) is 73.2 cm³/mol. The minimum atomic E-state index is 0.0816. The number of aromatic nitrogens is 1. The number of aliphatic hydroxyl groups excluding tert-OH is 1. The number of nitrogens with zero attached hydrogens (tertiary/aromatic N) is 2. The molecule has 6 heteroatoms. The molecule has 0 atom stereocenters. The van der Waals surface area contributed by atoms with E-state index in [0.29, 0.717) is 36.4 Å². The maximum Gasteiger partial charge on any atom is 0.135 e. The van der Waals surface area contributed by atoms with Crippen LogP contribution in [-0.2, 0) is 11.3 Å². The van der Waals surface area contributed by atoms with Crippen LogP contribution in [0.15, 0.2) is 6.07 Å². The lowest BCUT2D eigenvalue weighted by atomic mass is 10.2. The van der Waals surface area contributed by atoms with Gasteiger partial charge in [-0.2, -0.15) is 0 Å². The van der Waals surface area contributed by atoms with Crippen LogP contribution in [0, 0.1) is 6.92 Å². The third-order valence-corrected chi connectivity index (χ3v) is 3.21. The Morgan fingerprint density at radius 2 is 2.11 bits per heavy atom. The zero-order valence-electron chi connectivity index (χ0n) is 10.6. The highest BCUT2D eigenvalue weighted by molar-refractivity contribution is 6.35. The SMILES string of the molecule is COCCN(CCO)Cc1c(Cl)cc(C)nc1Cl. The molecule has 1 rings (SSSR count). The molecular formula is C12H18Cl2N2O2. The van der Waals surface area contributed by atoms with Gasteiger partial charge in [-0.05, 0) is 13.0 Å². The monoisotopic (exact) mass is 292 g/mol. The number of rotatable bonds is 7. The van der Waals surface area contributed by atoms with Gasteiger partial charge in [0, 0.05) is 43.0 Å². The van der Waals surface area contributed by atoms with Gasteiger partial charge in [0.1, 0.15) is 5.15 Å². The Labute approximate surface area is 117 Å². The minimum Gasteiger partial charge on any atom is -0.395 e. The van der Waals surface area contributed by atoms with E-state index in [4.69, 9.17) is 33.0 Å². The Balaban J connectivity index is 2.79. The van der Waals surface area contributed by atoms with E-state index in [0.717, 1.165) is 11.3 Å². The summed E-state index contributed by atoms with van der Waals surface area (Å²) < 4.78 is 5.03. The molecule has 0 saturated carbocycles. The number of ether oxygens (including phenoxy) is 1. The quantitative estimate of drug-likeness (QED) is 0.782. The van der Waals surface area contributed by atoms with Crippen molar-refractivity contribution >= 4 is 23.2 Å². The van der Waals surface area contributed by atoms with Gasteiger partial charge in [0.15, 0.2) is 0 Å². The van der Waals surface area contributed by atoms with Crippen LogP contribution in [-0.4, -0.2) is 48.4 Å². The van der Waals surface area contributed by atoms with Crippen molar-refractivity contribution < 1.29 is 9.84 Å². The third kappa shape index (κ3) is 4.71. The number of hydrogen-bond donors (Lipinski definition) is 1. The first kappa shape index (κ1) is 15.7. The van der Waals surface area contributed by atoms with Crippen molar-refractivity contribution in [1.82, 2.24) is 9.88 Å². The zero-order chi connectivity index (χ0) is 13.5. The van der Waals surface area contributed by atoms with Gasteiger partial charge >= 0.3 is 0 Å². The highest BCUT2D eigenvalue weighted by Crippen LogP contribution is 2.25. The molecule has 1 aromatic heterocycles. The van der Waals surface area contributed by atoms with E-state index in [1.54, 1.807) is 13.2 Å².